The molecule has 1 aliphatic carbocycles. The summed E-state index contributed by atoms with van der Waals surface area (Å²) >= 11 is 0. The molecule has 0 N–H and O–H groups in total. The van der Waals surface area contributed by atoms with Crippen molar-refractivity contribution in [2.45, 2.75) is 25.1 Å². The second-order valence-corrected chi connectivity index (χ2v) is 4.67. The predicted molar refractivity (Wildman–Crippen MR) is 60.4 cm³/mol. The highest BCUT2D eigenvalue weighted by Gasteiger charge is 2.38. The summed E-state index contributed by atoms with van der Waals surface area (Å²) in [5.74, 6) is -0.892. The van der Waals surface area contributed by atoms with Crippen molar-refractivity contribution in [2.24, 2.45) is 11.2 Å². The maximum absolute atomic E-state index is 13.8. The molecule has 7 heteroatoms. The second-order valence-electron chi connectivity index (χ2n) is 4.67. The molecule has 1 fully saturated rings. The average Bonchev–Trinajstić information content (AvgIpc) is 3.14. The van der Waals surface area contributed by atoms with Crippen LogP contribution in [0.1, 0.15) is 30.0 Å². The Hall–Kier alpha value is -1.66. The van der Waals surface area contributed by atoms with Crippen molar-refractivity contribution < 1.29 is 17.6 Å². The largest absolute Gasteiger partial charge is 0.416 e. The van der Waals surface area contributed by atoms with Gasteiger partial charge in [0.15, 0.2) is 0 Å². The van der Waals surface area contributed by atoms with Gasteiger partial charge in [-0.2, -0.15) is 13.2 Å². The lowest BCUT2D eigenvalue weighted by Gasteiger charge is -2.23. The first-order valence-electron chi connectivity index (χ1n) is 5.77. The summed E-state index contributed by atoms with van der Waals surface area (Å²) in [5, 5.41) is 3.79. The summed E-state index contributed by atoms with van der Waals surface area (Å²) in [4.78, 5) is 10.6. The van der Waals surface area contributed by atoms with Crippen LogP contribution in [-0.2, 0) is 6.18 Å². The summed E-state index contributed by atoms with van der Waals surface area (Å²) in [6, 6.07) is 1.78. The van der Waals surface area contributed by atoms with Crippen LogP contribution in [0.4, 0.5) is 17.6 Å². The molecule has 0 bridgehead atoms. The fourth-order valence-electron chi connectivity index (χ4n) is 2.17. The standard InChI is InChI=1S/C12H12F4N2O/c1-18(17-19)11(7-2-3-7)9-5-4-8(6-10(9)13)12(14,15)16/h4-7,11H,2-3H2,1H3. The van der Waals surface area contributed by atoms with Gasteiger partial charge in [-0.15, -0.1) is 4.91 Å². The second kappa shape index (κ2) is 4.79. The van der Waals surface area contributed by atoms with Crippen LogP contribution in [0.15, 0.2) is 23.5 Å². The molecule has 0 saturated heterocycles. The Morgan fingerprint density at radius 1 is 1.37 bits per heavy atom. The fraction of sp³-hybridized carbons (Fsp3) is 0.500. The Morgan fingerprint density at radius 2 is 2.00 bits per heavy atom. The van der Waals surface area contributed by atoms with Crippen molar-refractivity contribution in [3.05, 3.63) is 40.1 Å². The van der Waals surface area contributed by atoms with Crippen LogP contribution in [0.2, 0.25) is 0 Å². The maximum atomic E-state index is 13.8. The molecule has 1 saturated carbocycles. The van der Waals surface area contributed by atoms with Crippen LogP contribution in [0.3, 0.4) is 0 Å². The van der Waals surface area contributed by atoms with Crippen LogP contribution >= 0.6 is 0 Å². The van der Waals surface area contributed by atoms with E-state index in [1.54, 1.807) is 0 Å². The highest BCUT2D eigenvalue weighted by Crippen LogP contribution is 2.45. The SMILES string of the molecule is CN(N=O)C(c1ccc(C(F)(F)F)cc1F)C1CC1. The zero-order chi connectivity index (χ0) is 14.2. The van der Waals surface area contributed by atoms with E-state index in [2.05, 4.69) is 5.29 Å². The molecular weight excluding hydrogens is 264 g/mol. The summed E-state index contributed by atoms with van der Waals surface area (Å²) < 4.78 is 51.2. The summed E-state index contributed by atoms with van der Waals surface area (Å²) in [6.45, 7) is 0. The van der Waals surface area contributed by atoms with Gasteiger partial charge in [0.1, 0.15) is 5.82 Å². The molecule has 1 unspecified atom stereocenters. The molecule has 104 valence electrons. The van der Waals surface area contributed by atoms with Crippen LogP contribution in [-0.4, -0.2) is 12.1 Å². The van der Waals surface area contributed by atoms with Gasteiger partial charge in [0.2, 0.25) is 0 Å². The molecule has 3 nitrogen and oxygen atoms in total. The first-order valence-corrected chi connectivity index (χ1v) is 5.77. The third-order valence-corrected chi connectivity index (χ3v) is 3.25. The Balaban J connectivity index is 2.36. The zero-order valence-electron chi connectivity index (χ0n) is 10.1. The number of hydrogen-bond acceptors (Lipinski definition) is 2. The lowest BCUT2D eigenvalue weighted by atomic mass is 9.99. The van der Waals surface area contributed by atoms with Gasteiger partial charge in [0.25, 0.3) is 0 Å². The molecule has 0 amide bonds. The lowest BCUT2D eigenvalue weighted by molar-refractivity contribution is -0.137. The quantitative estimate of drug-likeness (QED) is 0.474. The molecule has 1 atom stereocenters. The minimum absolute atomic E-state index is 0.0638. The van der Waals surface area contributed by atoms with E-state index >= 15 is 0 Å². The van der Waals surface area contributed by atoms with E-state index in [-0.39, 0.29) is 11.5 Å². The lowest BCUT2D eigenvalue weighted by Crippen LogP contribution is -2.22. The molecular formula is C12H12F4N2O. The van der Waals surface area contributed by atoms with E-state index in [0.717, 1.165) is 30.0 Å². The Labute approximate surface area is 107 Å². The number of halogens is 4. The van der Waals surface area contributed by atoms with E-state index in [4.69, 9.17) is 0 Å². The molecule has 1 aromatic carbocycles. The molecule has 0 spiro atoms. The fourth-order valence-corrected chi connectivity index (χ4v) is 2.17. The van der Waals surface area contributed by atoms with Gasteiger partial charge in [-0.3, -0.25) is 5.01 Å². The minimum atomic E-state index is -4.58. The summed E-state index contributed by atoms with van der Waals surface area (Å²) in [5.41, 5.74) is -0.956. The number of alkyl halides is 3. The van der Waals surface area contributed by atoms with E-state index in [9.17, 15) is 22.5 Å². The maximum Gasteiger partial charge on any atom is 0.416 e. The predicted octanol–water partition coefficient (Wildman–Crippen LogP) is 3.91. The number of hydrogen-bond donors (Lipinski definition) is 0. The van der Waals surface area contributed by atoms with Crippen LogP contribution in [0.5, 0.6) is 0 Å². The smallest absolute Gasteiger partial charge is 0.256 e. The normalized spacial score (nSPS) is 17.1. The zero-order valence-corrected chi connectivity index (χ0v) is 10.1. The van der Waals surface area contributed by atoms with Crippen molar-refractivity contribution in [2.75, 3.05) is 7.05 Å². The number of benzene rings is 1. The average molecular weight is 276 g/mol. The van der Waals surface area contributed by atoms with Crippen LogP contribution in [0, 0.1) is 16.6 Å². The highest BCUT2D eigenvalue weighted by molar-refractivity contribution is 5.29. The monoisotopic (exact) mass is 276 g/mol. The van der Waals surface area contributed by atoms with Crippen molar-refractivity contribution in [3.63, 3.8) is 0 Å². The van der Waals surface area contributed by atoms with Crippen LogP contribution < -0.4 is 0 Å². The molecule has 2 rings (SSSR count). The van der Waals surface area contributed by atoms with Gasteiger partial charge >= 0.3 is 6.18 Å². The minimum Gasteiger partial charge on any atom is -0.256 e. The molecule has 1 aromatic rings. The third kappa shape index (κ3) is 2.85. The first-order chi connectivity index (χ1) is 8.84. The van der Waals surface area contributed by atoms with Gasteiger partial charge in [-0.1, -0.05) is 6.07 Å². The first kappa shape index (κ1) is 13.8. The molecule has 19 heavy (non-hydrogen) atoms. The topological polar surface area (TPSA) is 32.7 Å². The van der Waals surface area contributed by atoms with Gasteiger partial charge < -0.3 is 0 Å². The van der Waals surface area contributed by atoms with Gasteiger partial charge in [0, 0.05) is 12.6 Å². The van der Waals surface area contributed by atoms with Gasteiger partial charge in [0.05, 0.1) is 16.9 Å². The van der Waals surface area contributed by atoms with Gasteiger partial charge in [-0.05, 0) is 30.9 Å². The number of rotatable bonds is 4. The Bertz CT molecular complexity index is 485. The number of nitrogens with zero attached hydrogens (tertiary/aromatic N) is 2. The van der Waals surface area contributed by atoms with E-state index in [1.807, 2.05) is 0 Å². The number of nitroso groups, excluding NO2 is 1. The highest BCUT2D eigenvalue weighted by atomic mass is 19.4. The Kier molecular flexibility index (Phi) is 3.47. The molecule has 0 aromatic heterocycles. The molecule has 0 radical (unpaired) electrons. The third-order valence-electron chi connectivity index (χ3n) is 3.25. The van der Waals surface area contributed by atoms with Crippen molar-refractivity contribution in [1.29, 1.82) is 0 Å². The van der Waals surface area contributed by atoms with Gasteiger partial charge in [-0.25, -0.2) is 4.39 Å². The Morgan fingerprint density at radius 3 is 2.42 bits per heavy atom. The van der Waals surface area contributed by atoms with Crippen molar-refractivity contribution >= 4 is 0 Å². The summed E-state index contributed by atoms with van der Waals surface area (Å²) in [7, 11) is 1.40. The van der Waals surface area contributed by atoms with E-state index in [0.29, 0.717) is 6.07 Å². The van der Waals surface area contributed by atoms with E-state index < -0.39 is 23.6 Å². The van der Waals surface area contributed by atoms with Crippen LogP contribution in [0.25, 0.3) is 0 Å². The molecule has 1 aliphatic rings. The van der Waals surface area contributed by atoms with Crippen molar-refractivity contribution in [1.82, 2.24) is 5.01 Å². The molecule has 0 heterocycles. The molecule has 0 aliphatic heterocycles. The summed E-state index contributed by atoms with van der Waals surface area (Å²) in [6.07, 6.45) is -2.96. The van der Waals surface area contributed by atoms with Crippen molar-refractivity contribution in [3.8, 4) is 0 Å². The van der Waals surface area contributed by atoms with E-state index in [1.165, 1.54) is 7.05 Å².